The number of rotatable bonds is 9. The maximum atomic E-state index is 13.0. The minimum Gasteiger partial charge on any atom is -0.454 e. The van der Waals surface area contributed by atoms with E-state index in [1.54, 1.807) is 13.8 Å². The van der Waals surface area contributed by atoms with E-state index in [0.29, 0.717) is 17.4 Å². The molecular weight excluding hydrogens is 410 g/mol. The van der Waals surface area contributed by atoms with Gasteiger partial charge in [0.05, 0.1) is 17.6 Å². The van der Waals surface area contributed by atoms with Crippen LogP contribution in [0.5, 0.6) is 0 Å². The highest BCUT2D eigenvalue weighted by Gasteiger charge is 2.32. The monoisotopic (exact) mass is 445 g/mol. The molecule has 0 spiro atoms. The van der Waals surface area contributed by atoms with Crippen LogP contribution in [0.15, 0.2) is 34.0 Å². The number of aryl methyl sites for hydroxylation is 1. The van der Waals surface area contributed by atoms with Gasteiger partial charge in [-0.1, -0.05) is 38.5 Å². The molecule has 2 N–H and O–H groups in total. The molecule has 1 fully saturated rings. The van der Waals surface area contributed by atoms with Crippen LogP contribution in [0.2, 0.25) is 0 Å². The molecule has 0 aliphatic heterocycles. The summed E-state index contributed by atoms with van der Waals surface area (Å²) in [5.41, 5.74) is 3.89. The minimum absolute atomic E-state index is 0.0578. The first-order chi connectivity index (χ1) is 14.3. The second-order valence-electron chi connectivity index (χ2n) is 9.95. The Hall–Kier alpha value is -1.92. The second-order valence-corrected chi connectivity index (χ2v) is 12.0. The highest BCUT2D eigenvalue weighted by molar-refractivity contribution is 7.93. The van der Waals surface area contributed by atoms with Crippen LogP contribution in [-0.2, 0) is 26.5 Å². The van der Waals surface area contributed by atoms with Crippen LogP contribution < -0.4 is 0 Å². The van der Waals surface area contributed by atoms with Crippen molar-refractivity contribution in [2.75, 3.05) is 5.75 Å². The predicted molar refractivity (Wildman–Crippen MR) is 123 cm³/mol. The maximum absolute atomic E-state index is 13.0. The number of hydrogen-bond acceptors (Lipinski definition) is 5. The van der Waals surface area contributed by atoms with Crippen LogP contribution in [0.3, 0.4) is 0 Å². The summed E-state index contributed by atoms with van der Waals surface area (Å²) in [6.07, 6.45) is 3.93. The lowest BCUT2D eigenvalue weighted by atomic mass is 9.83. The Bertz CT molecular complexity index is 1070. The highest BCUT2D eigenvalue weighted by Crippen LogP contribution is 2.44. The Morgan fingerprint density at radius 1 is 1.23 bits per heavy atom. The van der Waals surface area contributed by atoms with Crippen LogP contribution in [-0.4, -0.2) is 20.9 Å². The van der Waals surface area contributed by atoms with Crippen LogP contribution >= 0.6 is 0 Å². The van der Waals surface area contributed by atoms with Crippen LogP contribution in [0.25, 0.3) is 0 Å². The van der Waals surface area contributed by atoms with Gasteiger partial charge in [-0.05, 0) is 68.1 Å². The molecule has 1 aliphatic rings. The number of carbonyl (C=O) groups excluding carboxylic acids is 1. The maximum Gasteiger partial charge on any atom is 0.199 e. The van der Waals surface area contributed by atoms with Gasteiger partial charge in [0.25, 0.3) is 0 Å². The molecule has 1 heterocycles. The van der Waals surface area contributed by atoms with Crippen molar-refractivity contribution in [2.24, 2.45) is 5.92 Å². The lowest BCUT2D eigenvalue weighted by Crippen LogP contribution is -2.19. The van der Waals surface area contributed by atoms with Gasteiger partial charge in [0.2, 0.25) is 0 Å². The van der Waals surface area contributed by atoms with Crippen LogP contribution in [0.4, 0.5) is 0 Å². The Balaban J connectivity index is 1.88. The number of hydrogen-bond donors (Lipinski definition) is 2. The molecule has 1 aromatic carbocycles. The smallest absolute Gasteiger partial charge is 0.199 e. The van der Waals surface area contributed by atoms with E-state index in [2.05, 4.69) is 39.8 Å². The van der Waals surface area contributed by atoms with Gasteiger partial charge in [-0.15, -0.1) is 0 Å². The van der Waals surface area contributed by atoms with Gasteiger partial charge in [-0.25, -0.2) is 8.99 Å². The van der Waals surface area contributed by atoms with E-state index in [4.69, 9.17) is 9.20 Å². The Kier molecular flexibility index (Phi) is 6.55. The average Bonchev–Trinajstić information content (AvgIpc) is 3.35. The number of nitrogens with one attached hydrogen (secondary N) is 1. The molecule has 2 unspecified atom stereocenters. The van der Waals surface area contributed by atoms with E-state index in [9.17, 15) is 14.1 Å². The molecule has 0 radical (unpaired) electrons. The molecule has 0 amide bonds. The predicted octanol–water partition coefficient (Wildman–Crippen LogP) is 5.67. The third-order valence-corrected chi connectivity index (χ3v) is 7.84. The molecule has 0 bridgehead atoms. The van der Waals surface area contributed by atoms with Gasteiger partial charge in [-0.2, -0.15) is 0 Å². The largest absolute Gasteiger partial charge is 0.454 e. The van der Waals surface area contributed by atoms with E-state index >= 15 is 0 Å². The first kappa shape index (κ1) is 23.7. The average molecular weight is 446 g/mol. The summed E-state index contributed by atoms with van der Waals surface area (Å²) < 4.78 is 26.6. The summed E-state index contributed by atoms with van der Waals surface area (Å²) in [5, 5.41) is 10.0. The van der Waals surface area contributed by atoms with Gasteiger partial charge < -0.3 is 9.52 Å². The van der Waals surface area contributed by atoms with Gasteiger partial charge in [0.1, 0.15) is 9.73 Å². The quantitative estimate of drug-likeness (QED) is 0.520. The van der Waals surface area contributed by atoms with Gasteiger partial charge >= 0.3 is 0 Å². The van der Waals surface area contributed by atoms with E-state index in [1.807, 2.05) is 0 Å². The van der Waals surface area contributed by atoms with E-state index < -0.39 is 21.1 Å². The van der Waals surface area contributed by atoms with E-state index in [0.717, 1.165) is 11.1 Å². The van der Waals surface area contributed by atoms with Crippen LogP contribution in [0, 0.1) is 17.6 Å². The molecule has 2 atom stereocenters. The SMILES string of the molecule is Cc1cc(C(C)C)c(CC(=O)CS(=N)(=O)c2cc(C(C)(C)O)co2)c(C(C)C2CC2)c1. The first-order valence-corrected chi connectivity index (χ1v) is 12.7. The number of Topliss-reactive ketones (excluding diaryl/α,β-unsaturated/α-hetero) is 1. The molecule has 2 aromatic rings. The molecule has 1 saturated carbocycles. The van der Waals surface area contributed by atoms with Crippen molar-refractivity contribution in [1.29, 1.82) is 4.78 Å². The fourth-order valence-electron chi connectivity index (χ4n) is 4.21. The Labute approximate surface area is 186 Å². The number of furan rings is 1. The number of aliphatic hydroxyl groups is 1. The van der Waals surface area contributed by atoms with Gasteiger partial charge in [0, 0.05) is 18.1 Å². The van der Waals surface area contributed by atoms with Crippen molar-refractivity contribution in [2.45, 2.75) is 83.3 Å². The number of carbonyl (C=O) groups is 1. The first-order valence-electron chi connectivity index (χ1n) is 11.0. The summed E-state index contributed by atoms with van der Waals surface area (Å²) in [6, 6.07) is 5.77. The summed E-state index contributed by atoms with van der Waals surface area (Å²) in [7, 11) is -3.42. The lowest BCUT2D eigenvalue weighted by Gasteiger charge is -2.22. The van der Waals surface area contributed by atoms with Crippen molar-refractivity contribution < 1.29 is 18.5 Å². The third-order valence-electron chi connectivity index (χ3n) is 6.25. The highest BCUT2D eigenvalue weighted by atomic mass is 32.2. The fraction of sp³-hybridized carbons (Fsp3) is 0.560. The summed E-state index contributed by atoms with van der Waals surface area (Å²) in [5.74, 6) is 0.706. The minimum atomic E-state index is -3.42. The Morgan fingerprint density at radius 2 is 1.84 bits per heavy atom. The van der Waals surface area contributed by atoms with Gasteiger partial charge in [-0.3, -0.25) is 4.79 Å². The van der Waals surface area contributed by atoms with Crippen molar-refractivity contribution >= 4 is 15.5 Å². The van der Waals surface area contributed by atoms with Crippen molar-refractivity contribution in [1.82, 2.24) is 0 Å². The molecule has 5 nitrogen and oxygen atoms in total. The van der Waals surface area contributed by atoms with Crippen molar-refractivity contribution in [3.8, 4) is 0 Å². The second kappa shape index (κ2) is 8.55. The van der Waals surface area contributed by atoms with Crippen molar-refractivity contribution in [3.63, 3.8) is 0 Å². The zero-order valence-electron chi connectivity index (χ0n) is 19.5. The zero-order valence-corrected chi connectivity index (χ0v) is 20.3. The van der Waals surface area contributed by atoms with Crippen molar-refractivity contribution in [3.05, 3.63) is 52.3 Å². The topological polar surface area (TPSA) is 91.4 Å². The number of ketones is 1. The van der Waals surface area contributed by atoms with E-state index in [-0.39, 0.29) is 23.2 Å². The molecule has 6 heteroatoms. The standard InChI is InChI=1S/C25H35NO4S/c1-15(2)21-9-16(3)10-22(17(4)18-7-8-18)23(21)12-20(27)14-31(26,29)24-11-19(13-30-24)25(5,6)28/h9-11,13,15,17-18,26,28H,7-8,12,14H2,1-6H3. The Morgan fingerprint density at radius 3 is 2.35 bits per heavy atom. The molecule has 170 valence electrons. The summed E-state index contributed by atoms with van der Waals surface area (Å²) in [6.45, 7) is 11.8. The van der Waals surface area contributed by atoms with Gasteiger partial charge in [0.15, 0.2) is 10.9 Å². The van der Waals surface area contributed by atoms with E-state index in [1.165, 1.54) is 36.3 Å². The molecule has 1 aromatic heterocycles. The third kappa shape index (κ3) is 5.47. The normalized spacial score (nSPS) is 17.5. The molecule has 31 heavy (non-hydrogen) atoms. The summed E-state index contributed by atoms with van der Waals surface area (Å²) in [4.78, 5) is 13.0. The number of benzene rings is 1. The zero-order chi connectivity index (χ0) is 23.1. The summed E-state index contributed by atoms with van der Waals surface area (Å²) >= 11 is 0. The fourth-order valence-corrected chi connectivity index (χ4v) is 5.42. The molecule has 1 aliphatic carbocycles. The van der Waals surface area contributed by atoms with Crippen LogP contribution in [0.1, 0.15) is 87.1 Å². The molecule has 0 saturated heterocycles. The lowest BCUT2D eigenvalue weighted by molar-refractivity contribution is -0.116. The molecule has 3 rings (SSSR count). The molecular formula is C25H35NO4S.